The number of nitrogens with zero attached hydrogens (tertiary/aromatic N) is 1. The number of ether oxygens (including phenoxy) is 1. The van der Waals surface area contributed by atoms with Gasteiger partial charge in [0.1, 0.15) is 5.00 Å². The van der Waals surface area contributed by atoms with Crippen molar-refractivity contribution in [3.8, 4) is 11.5 Å². The van der Waals surface area contributed by atoms with Gasteiger partial charge in [0.25, 0.3) is 5.91 Å². The van der Waals surface area contributed by atoms with Crippen LogP contribution >= 0.6 is 27.3 Å². The standard InChI is InChI=1S/C23H21BrN2O3S/c1-29-18-12-15(24)11-14(21(18)27)13-25-23-20(17-9-5-6-10-19(17)30-23)22(28)26-16-7-3-2-4-8-16/h2-4,7-8,11-13,27H,5-6,9-10H2,1H3,(H,26,28). The van der Waals surface area contributed by atoms with Crippen molar-refractivity contribution in [2.24, 2.45) is 4.99 Å². The summed E-state index contributed by atoms with van der Waals surface area (Å²) in [6.45, 7) is 0. The molecule has 1 heterocycles. The number of phenolic OH excluding ortho intramolecular Hbond substituents is 1. The van der Waals surface area contributed by atoms with E-state index in [2.05, 4.69) is 26.2 Å². The van der Waals surface area contributed by atoms with Crippen molar-refractivity contribution in [2.75, 3.05) is 12.4 Å². The molecule has 2 aromatic carbocycles. The minimum atomic E-state index is -0.149. The molecular formula is C23H21BrN2O3S. The monoisotopic (exact) mass is 484 g/mol. The molecule has 30 heavy (non-hydrogen) atoms. The first-order chi connectivity index (χ1) is 14.6. The predicted molar refractivity (Wildman–Crippen MR) is 125 cm³/mol. The lowest BCUT2D eigenvalue weighted by Gasteiger charge is -2.12. The zero-order valence-electron chi connectivity index (χ0n) is 16.4. The van der Waals surface area contributed by atoms with Crippen LogP contribution in [0.15, 0.2) is 51.9 Å². The van der Waals surface area contributed by atoms with Crippen LogP contribution in [0.25, 0.3) is 0 Å². The number of aliphatic imine (C=N–C) groups is 1. The van der Waals surface area contributed by atoms with Crippen LogP contribution in [0.4, 0.5) is 10.7 Å². The summed E-state index contributed by atoms with van der Waals surface area (Å²) in [5, 5.41) is 14.1. The smallest absolute Gasteiger partial charge is 0.259 e. The Balaban J connectivity index is 1.72. The molecule has 4 rings (SSSR count). The Morgan fingerprint density at radius 3 is 2.77 bits per heavy atom. The second-order valence-electron chi connectivity index (χ2n) is 7.02. The Bertz CT molecular complexity index is 1110. The van der Waals surface area contributed by atoms with E-state index in [1.54, 1.807) is 29.7 Å². The van der Waals surface area contributed by atoms with Gasteiger partial charge >= 0.3 is 0 Å². The third-order valence-corrected chi connectivity index (χ3v) is 6.68. The SMILES string of the molecule is COc1cc(Br)cc(C=Nc2sc3c(c2C(=O)Nc2ccccc2)CCCC3)c1O. The van der Waals surface area contributed by atoms with Gasteiger partial charge in [-0.3, -0.25) is 4.79 Å². The number of nitrogens with one attached hydrogen (secondary N) is 1. The molecule has 154 valence electrons. The number of para-hydroxylation sites is 1. The summed E-state index contributed by atoms with van der Waals surface area (Å²) < 4.78 is 5.98. The molecule has 0 bridgehead atoms. The molecule has 0 atom stereocenters. The highest BCUT2D eigenvalue weighted by molar-refractivity contribution is 9.10. The van der Waals surface area contributed by atoms with Crippen LogP contribution in [-0.2, 0) is 12.8 Å². The van der Waals surface area contributed by atoms with E-state index < -0.39 is 0 Å². The van der Waals surface area contributed by atoms with Crippen molar-refractivity contribution in [1.82, 2.24) is 0 Å². The number of thiophene rings is 1. The van der Waals surface area contributed by atoms with E-state index in [9.17, 15) is 9.90 Å². The van der Waals surface area contributed by atoms with Crippen molar-refractivity contribution >= 4 is 50.1 Å². The largest absolute Gasteiger partial charge is 0.504 e. The van der Waals surface area contributed by atoms with Gasteiger partial charge in [0, 0.05) is 26.8 Å². The lowest BCUT2D eigenvalue weighted by atomic mass is 9.95. The van der Waals surface area contributed by atoms with Gasteiger partial charge in [-0.05, 0) is 55.5 Å². The maximum atomic E-state index is 13.1. The van der Waals surface area contributed by atoms with Crippen LogP contribution in [0.5, 0.6) is 11.5 Å². The number of aryl methyl sites for hydroxylation is 1. The zero-order chi connectivity index (χ0) is 21.1. The average molecular weight is 485 g/mol. The number of rotatable bonds is 5. The van der Waals surface area contributed by atoms with E-state index in [4.69, 9.17) is 4.74 Å². The molecule has 0 aliphatic heterocycles. The zero-order valence-corrected chi connectivity index (χ0v) is 18.8. The Morgan fingerprint density at radius 2 is 2.00 bits per heavy atom. The van der Waals surface area contributed by atoms with Crippen molar-refractivity contribution in [1.29, 1.82) is 0 Å². The third-order valence-electron chi connectivity index (χ3n) is 5.02. The summed E-state index contributed by atoms with van der Waals surface area (Å²) in [5.74, 6) is 0.225. The lowest BCUT2D eigenvalue weighted by molar-refractivity contribution is 0.102. The Labute approximate surface area is 187 Å². The van der Waals surface area contributed by atoms with E-state index >= 15 is 0 Å². The molecule has 1 aromatic heterocycles. The number of hydrogen-bond donors (Lipinski definition) is 2. The first-order valence-corrected chi connectivity index (χ1v) is 11.3. The molecule has 0 unspecified atom stereocenters. The lowest BCUT2D eigenvalue weighted by Crippen LogP contribution is -2.14. The van der Waals surface area contributed by atoms with Gasteiger partial charge in [0.05, 0.1) is 12.7 Å². The summed E-state index contributed by atoms with van der Waals surface area (Å²) in [5.41, 5.74) is 3.00. The molecule has 0 radical (unpaired) electrons. The van der Waals surface area contributed by atoms with Gasteiger partial charge in [0.2, 0.25) is 0 Å². The fourth-order valence-electron chi connectivity index (χ4n) is 3.57. The summed E-state index contributed by atoms with van der Waals surface area (Å²) in [6, 6.07) is 12.9. The maximum absolute atomic E-state index is 13.1. The highest BCUT2D eigenvalue weighted by Crippen LogP contribution is 2.41. The molecule has 2 N–H and O–H groups in total. The first-order valence-electron chi connectivity index (χ1n) is 9.68. The number of phenols is 1. The van der Waals surface area contributed by atoms with E-state index in [0.717, 1.165) is 41.4 Å². The van der Waals surface area contributed by atoms with Gasteiger partial charge in [-0.25, -0.2) is 4.99 Å². The molecule has 0 saturated heterocycles. The number of methoxy groups -OCH3 is 1. The normalized spacial score (nSPS) is 13.3. The van der Waals surface area contributed by atoms with Crippen LogP contribution in [0.3, 0.4) is 0 Å². The van der Waals surface area contributed by atoms with Crippen LogP contribution in [0, 0.1) is 0 Å². The number of benzene rings is 2. The molecule has 1 amide bonds. The molecule has 7 heteroatoms. The van der Waals surface area contributed by atoms with E-state index in [-0.39, 0.29) is 11.7 Å². The molecular weight excluding hydrogens is 464 g/mol. The Kier molecular flexibility index (Phi) is 6.20. The Morgan fingerprint density at radius 1 is 1.23 bits per heavy atom. The van der Waals surface area contributed by atoms with Crippen molar-refractivity contribution in [3.05, 3.63) is 68.5 Å². The van der Waals surface area contributed by atoms with Crippen LogP contribution in [0.2, 0.25) is 0 Å². The van der Waals surface area contributed by atoms with Crippen LogP contribution < -0.4 is 10.1 Å². The fraction of sp³-hybridized carbons (Fsp3) is 0.217. The molecule has 1 aliphatic rings. The molecule has 1 aliphatic carbocycles. The van der Waals surface area contributed by atoms with Crippen LogP contribution in [0.1, 0.15) is 39.2 Å². The van der Waals surface area contributed by atoms with Gasteiger partial charge in [-0.2, -0.15) is 0 Å². The third kappa shape index (κ3) is 4.27. The highest BCUT2D eigenvalue weighted by Gasteiger charge is 2.25. The van der Waals surface area contributed by atoms with Crippen molar-refractivity contribution in [3.63, 3.8) is 0 Å². The second-order valence-corrected chi connectivity index (χ2v) is 9.01. The fourth-order valence-corrected chi connectivity index (χ4v) is 5.25. The van der Waals surface area contributed by atoms with Gasteiger partial charge in [-0.15, -0.1) is 11.3 Å². The van der Waals surface area contributed by atoms with E-state index in [1.165, 1.54) is 12.0 Å². The number of fused-ring (bicyclic) bond motifs is 1. The van der Waals surface area contributed by atoms with Crippen molar-refractivity contribution < 1.29 is 14.6 Å². The number of carbonyl (C=O) groups excluding carboxylic acids is 1. The quantitative estimate of drug-likeness (QED) is 0.429. The molecule has 0 spiro atoms. The van der Waals surface area contributed by atoms with E-state index in [0.29, 0.717) is 21.9 Å². The molecule has 3 aromatic rings. The molecule has 0 fully saturated rings. The number of aromatic hydroxyl groups is 1. The number of amides is 1. The minimum Gasteiger partial charge on any atom is -0.504 e. The van der Waals surface area contributed by atoms with Crippen LogP contribution in [-0.4, -0.2) is 24.3 Å². The maximum Gasteiger partial charge on any atom is 0.259 e. The summed E-state index contributed by atoms with van der Waals surface area (Å²) in [4.78, 5) is 19.0. The molecule has 0 saturated carbocycles. The summed E-state index contributed by atoms with van der Waals surface area (Å²) in [6.07, 6.45) is 5.63. The predicted octanol–water partition coefficient (Wildman–Crippen LogP) is 6.11. The molecule has 5 nitrogen and oxygen atoms in total. The van der Waals surface area contributed by atoms with Gasteiger partial charge in [-0.1, -0.05) is 34.1 Å². The number of anilines is 1. The highest BCUT2D eigenvalue weighted by atomic mass is 79.9. The van der Waals surface area contributed by atoms with Gasteiger partial charge in [0.15, 0.2) is 11.5 Å². The van der Waals surface area contributed by atoms with Crippen molar-refractivity contribution in [2.45, 2.75) is 25.7 Å². The first kappa shape index (κ1) is 20.6. The average Bonchev–Trinajstić information content (AvgIpc) is 3.13. The number of halogens is 1. The van der Waals surface area contributed by atoms with Gasteiger partial charge < -0.3 is 15.2 Å². The van der Waals surface area contributed by atoms with E-state index in [1.807, 2.05) is 30.3 Å². The second kappa shape index (κ2) is 9.02. The summed E-state index contributed by atoms with van der Waals surface area (Å²) in [7, 11) is 1.50. The topological polar surface area (TPSA) is 70.9 Å². The summed E-state index contributed by atoms with van der Waals surface area (Å²) >= 11 is 4.98. The number of hydrogen-bond acceptors (Lipinski definition) is 5. The number of carbonyl (C=O) groups is 1. The Hall–Kier alpha value is -2.64. The minimum absolute atomic E-state index is 0.0149.